The molecule has 1 fully saturated rings. The van der Waals surface area contributed by atoms with E-state index in [1.807, 2.05) is 13.8 Å². The van der Waals surface area contributed by atoms with Crippen molar-refractivity contribution < 1.29 is 18.5 Å². The Morgan fingerprint density at radius 2 is 1.82 bits per heavy atom. The second-order valence-corrected chi connectivity index (χ2v) is 12.6. The third-order valence-electron chi connectivity index (χ3n) is 7.06. The average Bonchev–Trinajstić information content (AvgIpc) is 3.53. The predicted molar refractivity (Wildman–Crippen MR) is 169 cm³/mol. The van der Waals surface area contributed by atoms with Crippen molar-refractivity contribution in [3.63, 3.8) is 0 Å². The number of hydrogen-bond acceptors (Lipinski definition) is 11. The molecule has 2 unspecified atom stereocenters. The van der Waals surface area contributed by atoms with Crippen LogP contribution in [0.4, 0.5) is 22.9 Å². The zero-order chi connectivity index (χ0) is 31.1. The molecule has 1 aliphatic heterocycles. The molecule has 4 heterocycles. The lowest BCUT2D eigenvalue weighted by atomic mass is 10.0. The van der Waals surface area contributed by atoms with Crippen LogP contribution in [0.3, 0.4) is 0 Å². The first kappa shape index (κ1) is 31.3. The molecular weight excluding hydrogens is 580 g/mol. The van der Waals surface area contributed by atoms with E-state index in [0.717, 1.165) is 26.2 Å². The van der Waals surface area contributed by atoms with E-state index in [9.17, 15) is 9.35 Å². The van der Waals surface area contributed by atoms with Crippen LogP contribution in [0.2, 0.25) is 0 Å². The van der Waals surface area contributed by atoms with Crippen LogP contribution in [0.1, 0.15) is 26.1 Å². The van der Waals surface area contributed by atoms with Gasteiger partial charge in [0.05, 0.1) is 24.2 Å². The molecule has 2 atom stereocenters. The van der Waals surface area contributed by atoms with Gasteiger partial charge in [0.15, 0.2) is 27.2 Å². The van der Waals surface area contributed by atoms with Crippen LogP contribution in [-0.4, -0.2) is 69.6 Å². The van der Waals surface area contributed by atoms with Crippen molar-refractivity contribution in [3.05, 3.63) is 73.3 Å². The molecule has 1 saturated heterocycles. The number of hydrogen-bond donors (Lipinski definition) is 3. The topological polar surface area (TPSA) is 158 Å². The van der Waals surface area contributed by atoms with Gasteiger partial charge in [-0.2, -0.15) is 0 Å². The van der Waals surface area contributed by atoms with Gasteiger partial charge in [-0.3, -0.25) is 4.79 Å². The minimum absolute atomic E-state index is 0.135. The number of amides is 1. The molecule has 1 aliphatic rings. The van der Waals surface area contributed by atoms with Crippen molar-refractivity contribution in [2.24, 2.45) is 11.7 Å². The fourth-order valence-electron chi connectivity index (χ4n) is 4.77. The fourth-order valence-corrected chi connectivity index (χ4v) is 5.87. The van der Waals surface area contributed by atoms with E-state index in [1.54, 1.807) is 67.5 Å². The number of aromatic nitrogens is 3. The third-order valence-corrected chi connectivity index (χ3v) is 8.38. The van der Waals surface area contributed by atoms with Gasteiger partial charge in [-0.25, -0.2) is 15.0 Å². The number of furan rings is 1. The molecule has 0 saturated carbocycles. The molecule has 0 radical (unpaired) electrons. The summed E-state index contributed by atoms with van der Waals surface area (Å²) in [7, 11) is 2.09. The number of pyridine rings is 1. The summed E-state index contributed by atoms with van der Waals surface area (Å²) in [5, 5.41) is 6.13. The number of likely N-dealkylation sites (N-methyl/N-ethyl adjacent to an activating group) is 1. The molecule has 5 rings (SSSR count). The van der Waals surface area contributed by atoms with E-state index in [4.69, 9.17) is 19.9 Å². The molecule has 13 heteroatoms. The number of carbonyl (C=O) groups excluding carboxylic acids is 1. The van der Waals surface area contributed by atoms with E-state index in [-0.39, 0.29) is 18.4 Å². The number of nitrogens with zero attached hydrogens (tertiary/aromatic N) is 5. The van der Waals surface area contributed by atoms with Crippen molar-refractivity contribution in [2.75, 3.05) is 48.8 Å². The summed E-state index contributed by atoms with van der Waals surface area (Å²) < 4.78 is 25.4. The predicted octanol–water partition coefficient (Wildman–Crippen LogP) is 4.02. The molecule has 3 aromatic heterocycles. The van der Waals surface area contributed by atoms with Crippen LogP contribution in [0, 0.1) is 5.92 Å². The summed E-state index contributed by atoms with van der Waals surface area (Å²) in [6.07, 6.45) is 8.58. The maximum absolute atomic E-state index is 14.1. The Bertz CT molecular complexity index is 1510. The lowest BCUT2D eigenvalue weighted by Gasteiger charge is -2.34. The van der Waals surface area contributed by atoms with E-state index in [0.29, 0.717) is 50.7 Å². The van der Waals surface area contributed by atoms with Crippen LogP contribution in [-0.2, 0) is 22.6 Å². The molecule has 4 N–H and O–H groups in total. The van der Waals surface area contributed by atoms with Gasteiger partial charge < -0.3 is 39.9 Å². The minimum Gasteiger partial charge on any atom is -0.606 e. The smallest absolute Gasteiger partial charge is 0.241 e. The van der Waals surface area contributed by atoms with E-state index < -0.39 is 17.2 Å². The highest BCUT2D eigenvalue weighted by molar-refractivity contribution is 7.91. The minimum atomic E-state index is -1.67. The Labute approximate surface area is 260 Å². The van der Waals surface area contributed by atoms with Crippen LogP contribution < -0.4 is 26.0 Å². The number of nitrogens with one attached hydrogen (secondary N) is 2. The Morgan fingerprint density at radius 1 is 1.07 bits per heavy atom. The highest BCUT2D eigenvalue weighted by atomic mass is 32.2. The highest BCUT2D eigenvalue weighted by Gasteiger charge is 2.25. The molecule has 0 bridgehead atoms. The Balaban J connectivity index is 1.45. The van der Waals surface area contributed by atoms with Crippen molar-refractivity contribution in [3.8, 4) is 5.75 Å². The van der Waals surface area contributed by atoms with Crippen LogP contribution in [0.5, 0.6) is 5.75 Å². The molecule has 0 aliphatic carbocycles. The first-order valence-electron chi connectivity index (χ1n) is 14.5. The number of carbonyl (C=O) groups is 1. The van der Waals surface area contributed by atoms with Crippen molar-refractivity contribution >= 4 is 40.0 Å². The third kappa shape index (κ3) is 8.26. The van der Waals surface area contributed by atoms with Crippen molar-refractivity contribution in [1.29, 1.82) is 0 Å². The van der Waals surface area contributed by atoms with Gasteiger partial charge in [0.25, 0.3) is 0 Å². The van der Waals surface area contributed by atoms with Gasteiger partial charge in [-0.15, -0.1) is 0 Å². The normalized spacial score (nSPS) is 15.2. The number of ether oxygens (including phenoxy) is 1. The molecule has 1 aromatic carbocycles. The average molecular weight is 619 g/mol. The summed E-state index contributed by atoms with van der Waals surface area (Å²) in [6, 6.07) is 9.80. The number of benzene rings is 1. The summed E-state index contributed by atoms with van der Waals surface area (Å²) in [6.45, 7) is 7.51. The molecule has 12 nitrogen and oxygen atoms in total. The Kier molecular flexibility index (Phi) is 10.3. The standard InChI is InChI=1S/C31H38N8O4S/c1-21(2)13-27(32)31(40)37-24-14-23(36-22-5-12-42-19-22)15-25(16-24)44(41)26-17-28(43-20-29-33-6-4-7-34-29)30(35-18-26)39-10-8-38(3)9-11-39/h4-7,12,14-19,21,27,36H,8-11,13,20,32H2,1-3H3,(H,37,40). The SMILES string of the molecule is CC(C)CC(N)C(=O)Nc1cc(Nc2ccoc2)cc([S+]([O-])c2cnc(N3CCN(C)CC3)c(OCc3ncccn3)c2)c1. The fraction of sp³-hybridized carbons (Fsp3) is 0.355. The van der Waals surface area contributed by atoms with E-state index in [2.05, 4.69) is 37.4 Å². The Morgan fingerprint density at radius 3 is 2.52 bits per heavy atom. The van der Waals surface area contributed by atoms with Gasteiger partial charge >= 0.3 is 0 Å². The summed E-state index contributed by atoms with van der Waals surface area (Å²) in [5.74, 6) is 1.65. The summed E-state index contributed by atoms with van der Waals surface area (Å²) in [5.41, 5.74) is 7.92. The highest BCUT2D eigenvalue weighted by Crippen LogP contribution is 2.34. The first-order chi connectivity index (χ1) is 21.2. The maximum Gasteiger partial charge on any atom is 0.241 e. The number of anilines is 4. The summed E-state index contributed by atoms with van der Waals surface area (Å²) >= 11 is -1.67. The van der Waals surface area contributed by atoms with Gasteiger partial charge in [-0.05, 0) is 37.6 Å². The lowest BCUT2D eigenvalue weighted by Crippen LogP contribution is -2.45. The van der Waals surface area contributed by atoms with Gasteiger partial charge in [0.2, 0.25) is 5.91 Å². The first-order valence-corrected chi connectivity index (χ1v) is 15.6. The second kappa shape index (κ2) is 14.5. The largest absolute Gasteiger partial charge is 0.606 e. The van der Waals surface area contributed by atoms with Crippen molar-refractivity contribution in [2.45, 2.75) is 42.7 Å². The van der Waals surface area contributed by atoms with E-state index in [1.165, 1.54) is 0 Å². The van der Waals surface area contributed by atoms with Crippen LogP contribution >= 0.6 is 0 Å². The monoisotopic (exact) mass is 618 g/mol. The van der Waals surface area contributed by atoms with Crippen LogP contribution in [0.15, 0.2) is 81.7 Å². The van der Waals surface area contributed by atoms with E-state index >= 15 is 0 Å². The molecular formula is C31H38N8O4S. The molecule has 44 heavy (non-hydrogen) atoms. The molecule has 0 spiro atoms. The zero-order valence-electron chi connectivity index (χ0n) is 25.1. The molecule has 232 valence electrons. The van der Waals surface area contributed by atoms with Crippen LogP contribution in [0.25, 0.3) is 0 Å². The zero-order valence-corrected chi connectivity index (χ0v) is 25.9. The van der Waals surface area contributed by atoms with Gasteiger partial charge in [0, 0.05) is 79.3 Å². The quantitative estimate of drug-likeness (QED) is 0.197. The number of nitrogens with two attached hydrogens (primary N) is 1. The molecule has 1 amide bonds. The van der Waals surface area contributed by atoms with Gasteiger partial charge in [-0.1, -0.05) is 13.8 Å². The Hall–Kier alpha value is -4.17. The number of rotatable bonds is 12. The summed E-state index contributed by atoms with van der Waals surface area (Å²) in [4.78, 5) is 31.4. The van der Waals surface area contributed by atoms with Gasteiger partial charge in [0.1, 0.15) is 12.9 Å². The second-order valence-electron chi connectivity index (χ2n) is 11.1. The van der Waals surface area contributed by atoms with Crippen molar-refractivity contribution in [1.82, 2.24) is 19.9 Å². The lowest BCUT2D eigenvalue weighted by molar-refractivity contribution is -0.117. The number of piperazine rings is 1. The maximum atomic E-state index is 14.1. The molecule has 4 aromatic rings.